The van der Waals surface area contributed by atoms with E-state index < -0.39 is 16.1 Å². The number of nitrogens with one attached hydrogen (secondary N) is 2. The monoisotopic (exact) mass is 433 g/mol. The summed E-state index contributed by atoms with van der Waals surface area (Å²) in [5.41, 5.74) is 0. The maximum atomic E-state index is 12.8. The summed E-state index contributed by atoms with van der Waals surface area (Å²) in [4.78, 5) is 14.5. The Morgan fingerprint density at radius 2 is 1.93 bits per heavy atom. The first kappa shape index (κ1) is 22.7. The van der Waals surface area contributed by atoms with Gasteiger partial charge in [0.15, 0.2) is 11.5 Å². The van der Waals surface area contributed by atoms with Crippen LogP contribution in [0.3, 0.4) is 0 Å². The van der Waals surface area contributed by atoms with Gasteiger partial charge in [0.2, 0.25) is 15.9 Å². The second kappa shape index (κ2) is 9.30. The van der Waals surface area contributed by atoms with Crippen LogP contribution in [-0.4, -0.2) is 63.7 Å². The number of carbonyl (C=O) groups excluding carboxylic acids is 1. The molecule has 3 atom stereocenters. The van der Waals surface area contributed by atoms with Gasteiger partial charge in [0.05, 0.1) is 24.2 Å². The van der Waals surface area contributed by atoms with Crippen molar-refractivity contribution in [1.29, 1.82) is 0 Å². The van der Waals surface area contributed by atoms with E-state index in [9.17, 15) is 13.2 Å². The van der Waals surface area contributed by atoms with Gasteiger partial charge in [-0.3, -0.25) is 4.79 Å². The van der Waals surface area contributed by atoms with Crippen LogP contribution in [0.1, 0.15) is 27.2 Å². The second-order valence-electron chi connectivity index (χ2n) is 7.02. The molecule has 2 N–H and O–H groups in total. The summed E-state index contributed by atoms with van der Waals surface area (Å²) >= 11 is 0. The minimum Gasteiger partial charge on any atom is -0.490 e. The lowest BCUT2D eigenvalue weighted by Gasteiger charge is -2.39. The summed E-state index contributed by atoms with van der Waals surface area (Å²) in [5, 5.41) is 3.31. The van der Waals surface area contributed by atoms with E-state index in [1.165, 1.54) is 12.1 Å². The number of piperazine rings is 1. The number of rotatable bonds is 4. The van der Waals surface area contributed by atoms with E-state index in [-0.39, 0.29) is 35.3 Å². The van der Waals surface area contributed by atoms with Gasteiger partial charge in [-0.2, -0.15) is 4.72 Å². The van der Waals surface area contributed by atoms with Crippen molar-refractivity contribution in [2.75, 3.05) is 26.3 Å². The molecular formula is C18H28ClN3O5S. The predicted octanol–water partition coefficient (Wildman–Crippen LogP) is 1.15. The van der Waals surface area contributed by atoms with Crippen molar-refractivity contribution >= 4 is 28.3 Å². The van der Waals surface area contributed by atoms with Crippen molar-refractivity contribution in [3.05, 3.63) is 18.2 Å². The van der Waals surface area contributed by atoms with Crippen molar-refractivity contribution in [1.82, 2.24) is 14.9 Å². The molecule has 0 bridgehead atoms. The minimum atomic E-state index is -3.87. The number of ether oxygens (including phenoxy) is 2. The minimum absolute atomic E-state index is 0. The van der Waals surface area contributed by atoms with Crippen molar-refractivity contribution in [2.24, 2.45) is 0 Å². The molecule has 0 radical (unpaired) electrons. The lowest BCUT2D eigenvalue weighted by molar-refractivity contribution is -0.136. The molecule has 8 nitrogen and oxygen atoms in total. The zero-order valence-corrected chi connectivity index (χ0v) is 17.9. The quantitative estimate of drug-likeness (QED) is 0.739. The Kier molecular flexibility index (Phi) is 7.55. The summed E-state index contributed by atoms with van der Waals surface area (Å²) < 4.78 is 39.1. The highest BCUT2D eigenvalue weighted by Crippen LogP contribution is 2.31. The number of halogens is 1. The Bertz CT molecular complexity index is 804. The first-order chi connectivity index (χ1) is 12.8. The third-order valence-electron chi connectivity index (χ3n) is 5.05. The molecule has 10 heteroatoms. The van der Waals surface area contributed by atoms with Gasteiger partial charge in [0, 0.05) is 37.7 Å². The molecule has 1 aromatic carbocycles. The molecule has 0 spiro atoms. The highest BCUT2D eigenvalue weighted by molar-refractivity contribution is 7.89. The molecule has 2 aliphatic rings. The fourth-order valence-electron chi connectivity index (χ4n) is 3.28. The lowest BCUT2D eigenvalue weighted by Crippen LogP contribution is -2.60. The van der Waals surface area contributed by atoms with Crippen LogP contribution in [0.25, 0.3) is 0 Å². The molecule has 3 unspecified atom stereocenters. The van der Waals surface area contributed by atoms with E-state index in [4.69, 9.17) is 9.47 Å². The zero-order valence-electron chi connectivity index (χ0n) is 16.3. The number of fused-ring (bicyclic) bond motifs is 1. The molecule has 0 aromatic heterocycles. The first-order valence-electron chi connectivity index (χ1n) is 9.25. The van der Waals surface area contributed by atoms with E-state index in [0.29, 0.717) is 37.8 Å². The fraction of sp³-hybridized carbons (Fsp3) is 0.611. The van der Waals surface area contributed by atoms with Gasteiger partial charge in [-0.15, -0.1) is 12.4 Å². The number of amides is 1. The molecule has 1 fully saturated rings. The Balaban J connectivity index is 0.00000280. The number of nitrogens with zero attached hydrogens (tertiary/aromatic N) is 1. The number of benzene rings is 1. The van der Waals surface area contributed by atoms with Crippen molar-refractivity contribution in [3.63, 3.8) is 0 Å². The van der Waals surface area contributed by atoms with Gasteiger partial charge in [-0.05, 0) is 32.9 Å². The topological polar surface area (TPSA) is 97.0 Å². The van der Waals surface area contributed by atoms with Gasteiger partial charge < -0.3 is 19.7 Å². The molecule has 1 amide bonds. The van der Waals surface area contributed by atoms with Crippen LogP contribution in [0.4, 0.5) is 0 Å². The van der Waals surface area contributed by atoms with Crippen molar-refractivity contribution in [2.45, 2.75) is 50.2 Å². The maximum Gasteiger partial charge on any atom is 0.241 e. The van der Waals surface area contributed by atoms with Gasteiger partial charge >= 0.3 is 0 Å². The van der Waals surface area contributed by atoms with E-state index in [1.807, 2.05) is 13.8 Å². The van der Waals surface area contributed by atoms with Crippen LogP contribution in [-0.2, 0) is 14.8 Å². The van der Waals surface area contributed by atoms with E-state index >= 15 is 0 Å². The van der Waals surface area contributed by atoms with Crippen LogP contribution >= 0.6 is 12.4 Å². The largest absolute Gasteiger partial charge is 0.490 e. The first-order valence-corrected chi connectivity index (χ1v) is 10.7. The highest BCUT2D eigenvalue weighted by atomic mass is 35.5. The Hall–Kier alpha value is -1.55. The van der Waals surface area contributed by atoms with Crippen molar-refractivity contribution < 1.29 is 22.7 Å². The SMILES string of the molecule is CC(NS(=O)(=O)c1ccc2c(c1)OCCCO2)C(=O)N1CCNC(C)C1C.Cl. The fourth-order valence-corrected chi connectivity index (χ4v) is 4.49. The van der Waals surface area contributed by atoms with Gasteiger partial charge in [0.1, 0.15) is 0 Å². The molecule has 158 valence electrons. The Labute approximate surface area is 172 Å². The Morgan fingerprint density at radius 1 is 1.25 bits per heavy atom. The standard InChI is InChI=1S/C18H27N3O5S.ClH/c1-12-14(3)21(8-7-19-12)18(22)13(2)20-27(23,24)15-5-6-16-17(11-15)26-10-4-9-25-16;/h5-6,11-14,19-20H,4,7-10H2,1-3H3;1H. The number of carbonyl (C=O) groups is 1. The molecule has 2 aliphatic heterocycles. The van der Waals surface area contributed by atoms with Gasteiger partial charge in [-0.1, -0.05) is 0 Å². The average molecular weight is 434 g/mol. The van der Waals surface area contributed by atoms with Gasteiger partial charge in [-0.25, -0.2) is 8.42 Å². The van der Waals surface area contributed by atoms with Crippen LogP contribution in [0.5, 0.6) is 11.5 Å². The summed E-state index contributed by atoms with van der Waals surface area (Å²) in [6.45, 7) is 7.79. The normalized spacial score (nSPS) is 23.3. The highest BCUT2D eigenvalue weighted by Gasteiger charge is 2.32. The summed E-state index contributed by atoms with van der Waals surface area (Å²) in [7, 11) is -3.87. The number of hydrogen-bond donors (Lipinski definition) is 2. The Morgan fingerprint density at radius 3 is 2.64 bits per heavy atom. The van der Waals surface area contributed by atoms with Crippen LogP contribution in [0.2, 0.25) is 0 Å². The van der Waals surface area contributed by atoms with Gasteiger partial charge in [0.25, 0.3) is 0 Å². The van der Waals surface area contributed by atoms with Crippen LogP contribution < -0.4 is 19.5 Å². The summed E-state index contributed by atoms with van der Waals surface area (Å²) in [6.07, 6.45) is 0.738. The predicted molar refractivity (Wildman–Crippen MR) is 108 cm³/mol. The second-order valence-corrected chi connectivity index (χ2v) is 8.73. The van der Waals surface area contributed by atoms with Crippen LogP contribution in [0.15, 0.2) is 23.1 Å². The third kappa shape index (κ3) is 4.89. The summed E-state index contributed by atoms with van der Waals surface area (Å²) in [6, 6.07) is 3.78. The number of sulfonamides is 1. The molecule has 3 rings (SSSR count). The molecule has 1 saturated heterocycles. The summed E-state index contributed by atoms with van der Waals surface area (Å²) in [5.74, 6) is 0.701. The average Bonchev–Trinajstić information content (AvgIpc) is 2.87. The molecule has 28 heavy (non-hydrogen) atoms. The molecule has 0 aliphatic carbocycles. The smallest absolute Gasteiger partial charge is 0.241 e. The van der Waals surface area contributed by atoms with E-state index in [0.717, 1.165) is 6.42 Å². The third-order valence-corrected chi connectivity index (χ3v) is 6.59. The zero-order chi connectivity index (χ0) is 19.6. The molecule has 1 aromatic rings. The lowest BCUT2D eigenvalue weighted by atomic mass is 10.1. The number of hydrogen-bond acceptors (Lipinski definition) is 6. The van der Waals surface area contributed by atoms with E-state index in [2.05, 4.69) is 10.0 Å². The van der Waals surface area contributed by atoms with Crippen molar-refractivity contribution in [3.8, 4) is 11.5 Å². The molecular weight excluding hydrogens is 406 g/mol. The molecule has 0 saturated carbocycles. The van der Waals surface area contributed by atoms with E-state index in [1.54, 1.807) is 17.9 Å². The maximum absolute atomic E-state index is 12.8. The molecule has 2 heterocycles. The van der Waals surface area contributed by atoms with Crippen LogP contribution in [0, 0.1) is 0 Å².